The molecular formula is C16H30N2O. The zero-order valence-electron chi connectivity index (χ0n) is 13.0. The number of likely N-dealkylation sites (N-methyl/N-ethyl adjacent to an activating group) is 1. The monoisotopic (exact) mass is 266 g/mol. The Balaban J connectivity index is 2.10. The molecule has 1 aromatic rings. The standard InChI is InChI=1S/C16H30N2O/c1-5-6-7-8-14(2)17-10-11-18(4)13-16-9-12-19-15(16)3/h9,12,14,17H,5-8,10-11,13H2,1-4H3. The van der Waals surface area contributed by atoms with E-state index in [1.165, 1.54) is 31.2 Å². The molecule has 1 heterocycles. The Morgan fingerprint density at radius 3 is 2.79 bits per heavy atom. The first-order valence-electron chi connectivity index (χ1n) is 7.58. The molecule has 3 heteroatoms. The molecule has 1 N–H and O–H groups in total. The van der Waals surface area contributed by atoms with Crippen molar-refractivity contribution in [1.82, 2.24) is 10.2 Å². The largest absolute Gasteiger partial charge is 0.469 e. The van der Waals surface area contributed by atoms with Crippen LogP contribution in [0.1, 0.15) is 50.9 Å². The number of unbranched alkanes of at least 4 members (excludes halogenated alkanes) is 2. The molecule has 0 spiro atoms. The first-order valence-corrected chi connectivity index (χ1v) is 7.58. The van der Waals surface area contributed by atoms with Gasteiger partial charge in [0.2, 0.25) is 0 Å². The van der Waals surface area contributed by atoms with Gasteiger partial charge in [-0.15, -0.1) is 0 Å². The van der Waals surface area contributed by atoms with Crippen molar-refractivity contribution < 1.29 is 4.42 Å². The summed E-state index contributed by atoms with van der Waals surface area (Å²) in [5.74, 6) is 1.03. The van der Waals surface area contributed by atoms with E-state index in [2.05, 4.69) is 37.2 Å². The van der Waals surface area contributed by atoms with Crippen LogP contribution < -0.4 is 5.32 Å². The molecule has 0 aromatic carbocycles. The van der Waals surface area contributed by atoms with Crippen molar-refractivity contribution in [3.8, 4) is 0 Å². The topological polar surface area (TPSA) is 28.4 Å². The van der Waals surface area contributed by atoms with E-state index in [1.807, 2.05) is 6.92 Å². The molecule has 3 nitrogen and oxygen atoms in total. The lowest BCUT2D eigenvalue weighted by Crippen LogP contribution is -2.34. The van der Waals surface area contributed by atoms with Crippen molar-refractivity contribution in [2.24, 2.45) is 0 Å². The van der Waals surface area contributed by atoms with Gasteiger partial charge in [-0.1, -0.05) is 26.2 Å². The highest BCUT2D eigenvalue weighted by Gasteiger charge is 2.06. The smallest absolute Gasteiger partial charge is 0.105 e. The number of nitrogens with one attached hydrogen (secondary N) is 1. The van der Waals surface area contributed by atoms with E-state index < -0.39 is 0 Å². The summed E-state index contributed by atoms with van der Waals surface area (Å²) < 4.78 is 5.32. The van der Waals surface area contributed by atoms with Crippen molar-refractivity contribution in [2.45, 2.75) is 59.0 Å². The molecule has 1 rings (SSSR count). The lowest BCUT2D eigenvalue weighted by molar-refractivity contribution is 0.313. The van der Waals surface area contributed by atoms with Crippen LogP contribution in [-0.2, 0) is 6.54 Å². The third-order valence-electron chi connectivity index (χ3n) is 3.63. The average Bonchev–Trinajstić information content (AvgIpc) is 2.75. The maximum Gasteiger partial charge on any atom is 0.105 e. The minimum absolute atomic E-state index is 0.635. The van der Waals surface area contributed by atoms with Crippen molar-refractivity contribution in [3.05, 3.63) is 23.7 Å². The normalized spacial score (nSPS) is 13.1. The van der Waals surface area contributed by atoms with Gasteiger partial charge in [0.1, 0.15) is 5.76 Å². The van der Waals surface area contributed by atoms with Gasteiger partial charge in [0.15, 0.2) is 0 Å². The van der Waals surface area contributed by atoms with E-state index in [4.69, 9.17) is 4.42 Å². The summed E-state index contributed by atoms with van der Waals surface area (Å²) in [6, 6.07) is 2.70. The predicted molar refractivity (Wildman–Crippen MR) is 81.4 cm³/mol. The van der Waals surface area contributed by atoms with Gasteiger partial charge in [-0.2, -0.15) is 0 Å². The van der Waals surface area contributed by atoms with Crippen LogP contribution in [0.4, 0.5) is 0 Å². The minimum Gasteiger partial charge on any atom is -0.469 e. The second-order valence-electron chi connectivity index (χ2n) is 5.59. The zero-order valence-corrected chi connectivity index (χ0v) is 13.0. The molecule has 0 bridgehead atoms. The molecule has 1 unspecified atom stereocenters. The number of hydrogen-bond donors (Lipinski definition) is 1. The second kappa shape index (κ2) is 9.16. The van der Waals surface area contributed by atoms with Gasteiger partial charge in [-0.3, -0.25) is 0 Å². The van der Waals surface area contributed by atoms with Gasteiger partial charge in [-0.25, -0.2) is 0 Å². The molecule has 110 valence electrons. The van der Waals surface area contributed by atoms with Gasteiger partial charge < -0.3 is 14.6 Å². The van der Waals surface area contributed by atoms with E-state index in [-0.39, 0.29) is 0 Å². The summed E-state index contributed by atoms with van der Waals surface area (Å²) in [6.45, 7) is 9.66. The van der Waals surface area contributed by atoms with Crippen LogP contribution in [-0.4, -0.2) is 31.1 Å². The van der Waals surface area contributed by atoms with Crippen LogP contribution in [0.15, 0.2) is 16.7 Å². The highest BCUT2D eigenvalue weighted by atomic mass is 16.3. The van der Waals surface area contributed by atoms with Crippen LogP contribution in [0.25, 0.3) is 0 Å². The predicted octanol–water partition coefficient (Wildman–Crippen LogP) is 3.58. The van der Waals surface area contributed by atoms with Crippen LogP contribution in [0.3, 0.4) is 0 Å². The second-order valence-corrected chi connectivity index (χ2v) is 5.59. The van der Waals surface area contributed by atoms with Crippen molar-refractivity contribution in [2.75, 3.05) is 20.1 Å². The fourth-order valence-corrected chi connectivity index (χ4v) is 2.25. The first-order chi connectivity index (χ1) is 9.13. The number of hydrogen-bond acceptors (Lipinski definition) is 3. The number of nitrogens with zero attached hydrogens (tertiary/aromatic N) is 1. The quantitative estimate of drug-likeness (QED) is 0.656. The van der Waals surface area contributed by atoms with E-state index in [9.17, 15) is 0 Å². The van der Waals surface area contributed by atoms with Crippen LogP contribution in [0.2, 0.25) is 0 Å². The summed E-state index contributed by atoms with van der Waals surface area (Å²) in [6.07, 6.45) is 7.06. The molecule has 1 atom stereocenters. The molecule has 0 aliphatic rings. The van der Waals surface area contributed by atoms with Gasteiger partial charge in [-0.05, 0) is 33.4 Å². The van der Waals surface area contributed by atoms with Gasteiger partial charge in [0.05, 0.1) is 6.26 Å². The Hall–Kier alpha value is -0.800. The Morgan fingerprint density at radius 2 is 2.16 bits per heavy atom. The Labute approximate surface area is 118 Å². The van der Waals surface area contributed by atoms with Crippen LogP contribution >= 0.6 is 0 Å². The molecule has 19 heavy (non-hydrogen) atoms. The van der Waals surface area contributed by atoms with Gasteiger partial charge in [0.25, 0.3) is 0 Å². The summed E-state index contributed by atoms with van der Waals surface area (Å²) in [5, 5.41) is 3.60. The van der Waals surface area contributed by atoms with E-state index >= 15 is 0 Å². The molecular weight excluding hydrogens is 236 g/mol. The summed E-state index contributed by atoms with van der Waals surface area (Å²) in [4.78, 5) is 2.34. The molecule has 0 saturated carbocycles. The van der Waals surface area contributed by atoms with Gasteiger partial charge >= 0.3 is 0 Å². The highest BCUT2D eigenvalue weighted by molar-refractivity contribution is 5.14. The Bertz CT molecular complexity index is 335. The molecule has 0 radical (unpaired) electrons. The van der Waals surface area contributed by atoms with Crippen molar-refractivity contribution in [3.63, 3.8) is 0 Å². The maximum atomic E-state index is 5.32. The fourth-order valence-electron chi connectivity index (χ4n) is 2.25. The molecule has 0 aliphatic heterocycles. The number of furan rings is 1. The average molecular weight is 266 g/mol. The van der Waals surface area contributed by atoms with E-state index in [0.29, 0.717) is 6.04 Å². The summed E-state index contributed by atoms with van der Waals surface area (Å²) >= 11 is 0. The molecule has 0 saturated heterocycles. The van der Waals surface area contributed by atoms with Crippen molar-refractivity contribution >= 4 is 0 Å². The van der Waals surface area contributed by atoms with E-state index in [1.54, 1.807) is 6.26 Å². The third-order valence-corrected chi connectivity index (χ3v) is 3.63. The molecule has 1 aromatic heterocycles. The first kappa shape index (κ1) is 16.3. The fraction of sp³-hybridized carbons (Fsp3) is 0.750. The zero-order chi connectivity index (χ0) is 14.1. The molecule has 0 aliphatic carbocycles. The maximum absolute atomic E-state index is 5.32. The van der Waals surface area contributed by atoms with Crippen LogP contribution in [0, 0.1) is 6.92 Å². The summed E-state index contributed by atoms with van der Waals surface area (Å²) in [7, 11) is 2.16. The molecule has 0 amide bonds. The third kappa shape index (κ3) is 6.79. The molecule has 0 fully saturated rings. The lowest BCUT2D eigenvalue weighted by Gasteiger charge is -2.19. The Kier molecular flexibility index (Phi) is 7.84. The number of aryl methyl sites for hydroxylation is 1. The lowest BCUT2D eigenvalue weighted by atomic mass is 10.1. The van der Waals surface area contributed by atoms with Gasteiger partial charge in [0, 0.05) is 31.2 Å². The van der Waals surface area contributed by atoms with Crippen LogP contribution in [0.5, 0.6) is 0 Å². The minimum atomic E-state index is 0.635. The highest BCUT2D eigenvalue weighted by Crippen LogP contribution is 2.10. The summed E-state index contributed by atoms with van der Waals surface area (Å²) in [5.41, 5.74) is 1.29. The SMILES string of the molecule is CCCCCC(C)NCCN(C)Cc1ccoc1C. The van der Waals surface area contributed by atoms with E-state index in [0.717, 1.165) is 25.4 Å². The van der Waals surface area contributed by atoms with Crippen molar-refractivity contribution in [1.29, 1.82) is 0 Å². The number of rotatable bonds is 10. The Morgan fingerprint density at radius 1 is 1.37 bits per heavy atom.